The number of carbonyl (C=O) groups is 1. The van der Waals surface area contributed by atoms with E-state index in [2.05, 4.69) is 5.32 Å². The van der Waals surface area contributed by atoms with Gasteiger partial charge in [-0.15, -0.1) is 0 Å². The number of hydrogen-bond donors (Lipinski definition) is 2. The Balaban J connectivity index is 2.37. The number of nitrogens with one attached hydrogen (secondary N) is 1. The lowest BCUT2D eigenvalue weighted by Crippen LogP contribution is -2.30. The average molecular weight is 243 g/mol. The monoisotopic (exact) mass is 243 g/mol. The van der Waals surface area contributed by atoms with Crippen molar-refractivity contribution in [3.63, 3.8) is 0 Å². The number of carboxylic acids is 1. The third-order valence-electron chi connectivity index (χ3n) is 2.31. The van der Waals surface area contributed by atoms with Crippen molar-refractivity contribution in [2.24, 2.45) is 0 Å². The lowest BCUT2D eigenvalue weighted by molar-refractivity contribution is -0.137. The summed E-state index contributed by atoms with van der Waals surface area (Å²) < 4.78 is 25.7. The molecular formula is C12H15F2NO2. The summed E-state index contributed by atoms with van der Waals surface area (Å²) in [7, 11) is 0. The Labute approximate surface area is 98.5 Å². The number of benzene rings is 1. The van der Waals surface area contributed by atoms with Crippen LogP contribution in [0.15, 0.2) is 18.2 Å². The van der Waals surface area contributed by atoms with Gasteiger partial charge in [0.2, 0.25) is 0 Å². The summed E-state index contributed by atoms with van der Waals surface area (Å²) in [6.07, 6.45) is 0.482. The van der Waals surface area contributed by atoms with Gasteiger partial charge in [0.15, 0.2) is 0 Å². The standard InChI is InChI=1S/C12H15F2NO2/c1-8(4-12(16)17)15-3-2-9-5-10(13)7-11(14)6-9/h5-8,15H,2-4H2,1H3,(H,16,17). The first-order valence-electron chi connectivity index (χ1n) is 5.37. The SMILES string of the molecule is CC(CC(=O)O)NCCc1cc(F)cc(F)c1. The Kier molecular flexibility index (Phi) is 5.03. The van der Waals surface area contributed by atoms with Gasteiger partial charge in [-0.25, -0.2) is 8.78 Å². The summed E-state index contributed by atoms with van der Waals surface area (Å²) in [6, 6.07) is 3.20. The average Bonchev–Trinajstić information content (AvgIpc) is 2.14. The molecule has 17 heavy (non-hydrogen) atoms. The topological polar surface area (TPSA) is 49.3 Å². The van der Waals surface area contributed by atoms with E-state index < -0.39 is 17.6 Å². The number of carboxylic acid groups (broad SMARTS) is 1. The van der Waals surface area contributed by atoms with Gasteiger partial charge in [-0.3, -0.25) is 4.79 Å². The van der Waals surface area contributed by atoms with Crippen molar-refractivity contribution in [2.75, 3.05) is 6.54 Å². The van der Waals surface area contributed by atoms with Gasteiger partial charge in [-0.2, -0.15) is 0 Å². The molecule has 0 radical (unpaired) electrons. The van der Waals surface area contributed by atoms with Crippen molar-refractivity contribution >= 4 is 5.97 Å². The third kappa shape index (κ3) is 5.40. The van der Waals surface area contributed by atoms with Crippen LogP contribution >= 0.6 is 0 Å². The van der Waals surface area contributed by atoms with E-state index in [-0.39, 0.29) is 12.5 Å². The lowest BCUT2D eigenvalue weighted by Gasteiger charge is -2.11. The maximum atomic E-state index is 12.8. The molecule has 0 aliphatic heterocycles. The zero-order chi connectivity index (χ0) is 12.8. The van der Waals surface area contributed by atoms with E-state index in [1.807, 2.05) is 0 Å². The third-order valence-corrected chi connectivity index (χ3v) is 2.31. The minimum Gasteiger partial charge on any atom is -0.481 e. The van der Waals surface area contributed by atoms with Gasteiger partial charge in [0.05, 0.1) is 6.42 Å². The van der Waals surface area contributed by atoms with Crippen LogP contribution in [0.4, 0.5) is 8.78 Å². The van der Waals surface area contributed by atoms with E-state index in [1.54, 1.807) is 6.92 Å². The van der Waals surface area contributed by atoms with E-state index in [4.69, 9.17) is 5.11 Å². The summed E-state index contributed by atoms with van der Waals surface area (Å²) in [5, 5.41) is 11.5. The normalized spacial score (nSPS) is 12.4. The lowest BCUT2D eigenvalue weighted by atomic mass is 10.1. The molecule has 1 aromatic carbocycles. The molecule has 0 saturated carbocycles. The first-order chi connectivity index (χ1) is 7.97. The highest BCUT2D eigenvalue weighted by Crippen LogP contribution is 2.08. The first kappa shape index (κ1) is 13.6. The maximum absolute atomic E-state index is 12.8. The predicted molar refractivity (Wildman–Crippen MR) is 59.8 cm³/mol. The summed E-state index contributed by atoms with van der Waals surface area (Å²) in [4.78, 5) is 10.4. The van der Waals surface area contributed by atoms with Gasteiger partial charge in [-0.05, 0) is 37.6 Å². The molecule has 3 nitrogen and oxygen atoms in total. The molecule has 0 aliphatic carbocycles. The largest absolute Gasteiger partial charge is 0.481 e. The quantitative estimate of drug-likeness (QED) is 0.803. The Morgan fingerprint density at radius 3 is 2.47 bits per heavy atom. The van der Waals surface area contributed by atoms with Crippen LogP contribution in [0.5, 0.6) is 0 Å². The van der Waals surface area contributed by atoms with Gasteiger partial charge < -0.3 is 10.4 Å². The van der Waals surface area contributed by atoms with Gasteiger partial charge in [-0.1, -0.05) is 0 Å². The smallest absolute Gasteiger partial charge is 0.304 e. The Bertz CT molecular complexity index is 376. The Morgan fingerprint density at radius 2 is 1.94 bits per heavy atom. The molecule has 1 rings (SSSR count). The summed E-state index contributed by atoms with van der Waals surface area (Å²) in [6.45, 7) is 2.23. The molecule has 0 fully saturated rings. The molecule has 0 amide bonds. The highest BCUT2D eigenvalue weighted by molar-refractivity contribution is 5.67. The van der Waals surface area contributed by atoms with E-state index in [9.17, 15) is 13.6 Å². The molecule has 0 saturated heterocycles. The minimum absolute atomic E-state index is 0.0253. The van der Waals surface area contributed by atoms with Crippen LogP contribution in [0.1, 0.15) is 18.9 Å². The molecule has 94 valence electrons. The number of hydrogen-bond acceptors (Lipinski definition) is 2. The van der Waals surface area contributed by atoms with Crippen molar-refractivity contribution in [1.82, 2.24) is 5.32 Å². The number of halogens is 2. The Hall–Kier alpha value is -1.49. The highest BCUT2D eigenvalue weighted by Gasteiger charge is 2.06. The molecule has 1 unspecified atom stereocenters. The van der Waals surface area contributed by atoms with Crippen molar-refractivity contribution < 1.29 is 18.7 Å². The number of aliphatic carboxylic acids is 1. The zero-order valence-corrected chi connectivity index (χ0v) is 9.54. The van der Waals surface area contributed by atoms with E-state index in [0.717, 1.165) is 6.07 Å². The summed E-state index contributed by atoms with van der Waals surface area (Å²) in [5.74, 6) is -2.07. The van der Waals surface area contributed by atoms with Gasteiger partial charge >= 0.3 is 5.97 Å². The fourth-order valence-electron chi connectivity index (χ4n) is 1.55. The molecular weight excluding hydrogens is 228 g/mol. The molecule has 5 heteroatoms. The van der Waals surface area contributed by atoms with Crippen molar-refractivity contribution in [3.05, 3.63) is 35.4 Å². The van der Waals surface area contributed by atoms with Crippen LogP contribution < -0.4 is 5.32 Å². The van der Waals surface area contributed by atoms with Gasteiger partial charge in [0, 0.05) is 12.1 Å². The summed E-state index contributed by atoms with van der Waals surface area (Å²) >= 11 is 0. The van der Waals surface area contributed by atoms with Crippen LogP contribution in [0.2, 0.25) is 0 Å². The molecule has 0 heterocycles. The second kappa shape index (κ2) is 6.30. The molecule has 1 atom stereocenters. The van der Waals surface area contributed by atoms with Gasteiger partial charge in [0.25, 0.3) is 0 Å². The molecule has 0 bridgehead atoms. The predicted octanol–water partition coefficient (Wildman–Crippen LogP) is 1.96. The minimum atomic E-state index is -0.873. The van der Waals surface area contributed by atoms with E-state index in [0.29, 0.717) is 18.5 Å². The fourth-order valence-corrected chi connectivity index (χ4v) is 1.55. The highest BCUT2D eigenvalue weighted by atomic mass is 19.1. The first-order valence-corrected chi connectivity index (χ1v) is 5.37. The van der Waals surface area contributed by atoms with E-state index in [1.165, 1.54) is 12.1 Å². The molecule has 1 aromatic rings. The van der Waals surface area contributed by atoms with Crippen LogP contribution in [0.25, 0.3) is 0 Å². The van der Waals surface area contributed by atoms with Crippen molar-refractivity contribution in [3.8, 4) is 0 Å². The van der Waals surface area contributed by atoms with Crippen LogP contribution in [-0.4, -0.2) is 23.7 Å². The zero-order valence-electron chi connectivity index (χ0n) is 9.54. The van der Waals surface area contributed by atoms with Gasteiger partial charge in [0.1, 0.15) is 11.6 Å². The second-order valence-corrected chi connectivity index (χ2v) is 3.98. The van der Waals surface area contributed by atoms with Crippen molar-refractivity contribution in [2.45, 2.75) is 25.8 Å². The second-order valence-electron chi connectivity index (χ2n) is 3.98. The van der Waals surface area contributed by atoms with Crippen LogP contribution in [0.3, 0.4) is 0 Å². The molecule has 2 N–H and O–H groups in total. The van der Waals surface area contributed by atoms with E-state index >= 15 is 0 Å². The molecule has 0 aromatic heterocycles. The molecule has 0 aliphatic rings. The maximum Gasteiger partial charge on any atom is 0.304 e. The Morgan fingerprint density at radius 1 is 1.35 bits per heavy atom. The van der Waals surface area contributed by atoms with Crippen LogP contribution in [-0.2, 0) is 11.2 Å². The summed E-state index contributed by atoms with van der Waals surface area (Å²) in [5.41, 5.74) is 0.553. The van der Waals surface area contributed by atoms with Crippen molar-refractivity contribution in [1.29, 1.82) is 0 Å². The fraction of sp³-hybridized carbons (Fsp3) is 0.417. The number of rotatable bonds is 6. The van der Waals surface area contributed by atoms with Crippen LogP contribution in [0, 0.1) is 11.6 Å². The molecule has 0 spiro atoms.